The van der Waals surface area contributed by atoms with Crippen LogP contribution < -0.4 is 0 Å². The van der Waals surface area contributed by atoms with E-state index in [2.05, 4.69) is 4.98 Å². The number of aliphatic carboxylic acids is 1. The van der Waals surface area contributed by atoms with Gasteiger partial charge >= 0.3 is 12.1 Å². The van der Waals surface area contributed by atoms with Crippen molar-refractivity contribution >= 4 is 11.9 Å². The van der Waals surface area contributed by atoms with Gasteiger partial charge < -0.3 is 19.2 Å². The highest BCUT2D eigenvalue weighted by Crippen LogP contribution is 2.24. The molecule has 1 aliphatic rings. The van der Waals surface area contributed by atoms with Crippen molar-refractivity contribution in [3.8, 4) is 0 Å². The van der Waals surface area contributed by atoms with E-state index in [0.29, 0.717) is 32.1 Å². The van der Waals surface area contributed by atoms with Gasteiger partial charge in [0.25, 0.3) is 5.91 Å². The van der Waals surface area contributed by atoms with Crippen LogP contribution in [-0.2, 0) is 29.1 Å². The number of carbonyl (C=O) groups is 2. The molecular formula is C19H21F3N2O5. The molecule has 3 rings (SSSR count). The van der Waals surface area contributed by atoms with Crippen molar-refractivity contribution in [3.63, 3.8) is 0 Å². The third kappa shape index (κ3) is 5.80. The van der Waals surface area contributed by atoms with Gasteiger partial charge in [0.2, 0.25) is 0 Å². The Morgan fingerprint density at radius 2 is 2.03 bits per heavy atom. The molecule has 2 aromatic heterocycles. The number of rotatable bonds is 4. The summed E-state index contributed by atoms with van der Waals surface area (Å²) in [6.07, 6.45) is 1.01. The highest BCUT2D eigenvalue weighted by atomic mass is 19.4. The minimum absolute atomic E-state index is 0.0524. The maximum atomic E-state index is 12.5. The molecule has 3 heterocycles. The van der Waals surface area contributed by atoms with Gasteiger partial charge in [0.15, 0.2) is 5.76 Å². The fourth-order valence-electron chi connectivity index (χ4n) is 2.81. The second kappa shape index (κ2) is 9.55. The van der Waals surface area contributed by atoms with E-state index in [-0.39, 0.29) is 5.91 Å². The Kier molecular flexibility index (Phi) is 7.38. The summed E-state index contributed by atoms with van der Waals surface area (Å²) in [4.78, 5) is 27.5. The van der Waals surface area contributed by atoms with Gasteiger partial charge in [-0.25, -0.2) is 4.79 Å². The fraction of sp³-hybridized carbons (Fsp3) is 0.421. The smallest absolute Gasteiger partial charge is 0.475 e. The van der Waals surface area contributed by atoms with Crippen molar-refractivity contribution in [3.05, 3.63) is 52.7 Å². The molecule has 10 heteroatoms. The zero-order chi connectivity index (χ0) is 21.6. The molecule has 0 aromatic carbocycles. The van der Waals surface area contributed by atoms with Gasteiger partial charge in [-0.05, 0) is 43.0 Å². The highest BCUT2D eigenvalue weighted by Gasteiger charge is 2.38. The molecule has 0 spiro atoms. The summed E-state index contributed by atoms with van der Waals surface area (Å²) in [6, 6.07) is 1.81. The lowest BCUT2D eigenvalue weighted by Crippen LogP contribution is -2.36. The van der Waals surface area contributed by atoms with Gasteiger partial charge in [-0.15, -0.1) is 0 Å². The number of carboxylic acids is 1. The van der Waals surface area contributed by atoms with Crippen LogP contribution in [0.25, 0.3) is 0 Å². The number of carboxylic acid groups (broad SMARTS) is 1. The molecule has 158 valence electrons. The molecule has 7 nitrogen and oxygen atoms in total. The van der Waals surface area contributed by atoms with Gasteiger partial charge in [0.1, 0.15) is 0 Å². The molecule has 0 saturated carbocycles. The second-order valence-corrected chi connectivity index (χ2v) is 6.29. The van der Waals surface area contributed by atoms with Crippen LogP contribution in [-0.4, -0.2) is 46.2 Å². The average Bonchev–Trinajstić information content (AvgIpc) is 3.10. The van der Waals surface area contributed by atoms with Crippen molar-refractivity contribution in [2.24, 2.45) is 0 Å². The third-order valence-electron chi connectivity index (χ3n) is 4.28. The van der Waals surface area contributed by atoms with Crippen LogP contribution in [0.5, 0.6) is 0 Å². The number of aromatic nitrogens is 1. The summed E-state index contributed by atoms with van der Waals surface area (Å²) in [6.45, 7) is 6.39. The Bertz CT molecular complexity index is 864. The molecule has 0 bridgehead atoms. The minimum atomic E-state index is -5.08. The largest absolute Gasteiger partial charge is 0.490 e. The van der Waals surface area contributed by atoms with Crippen molar-refractivity contribution in [2.45, 2.75) is 39.6 Å². The molecule has 1 amide bonds. The van der Waals surface area contributed by atoms with Crippen molar-refractivity contribution in [1.82, 2.24) is 9.88 Å². The first-order valence-electron chi connectivity index (χ1n) is 8.81. The molecule has 1 N–H and O–H groups in total. The van der Waals surface area contributed by atoms with E-state index in [9.17, 15) is 18.0 Å². The summed E-state index contributed by atoms with van der Waals surface area (Å²) >= 11 is 0. The molecule has 1 aliphatic heterocycles. The monoisotopic (exact) mass is 414 g/mol. The Morgan fingerprint density at radius 1 is 1.34 bits per heavy atom. The van der Waals surface area contributed by atoms with Crippen molar-refractivity contribution in [1.29, 1.82) is 0 Å². The van der Waals surface area contributed by atoms with E-state index in [1.165, 1.54) is 5.56 Å². The maximum Gasteiger partial charge on any atom is 0.490 e. The molecular weight excluding hydrogens is 393 g/mol. The number of carbonyl (C=O) groups excluding carboxylic acids is 1. The predicted octanol–water partition coefficient (Wildman–Crippen LogP) is 3.35. The van der Waals surface area contributed by atoms with Crippen molar-refractivity contribution in [2.75, 3.05) is 13.2 Å². The first-order chi connectivity index (χ1) is 13.6. The first-order valence-corrected chi connectivity index (χ1v) is 8.81. The number of hydrogen-bond donors (Lipinski definition) is 1. The molecule has 0 fully saturated rings. The summed E-state index contributed by atoms with van der Waals surface area (Å²) < 4.78 is 42.6. The number of fused-ring (bicyclic) bond motifs is 1. The SMILES string of the molecule is CCOCc1cncc2c1CCN(C(=O)c1occc1C)C2.O=C(O)C(F)(F)F. The molecule has 0 radical (unpaired) electrons. The Balaban J connectivity index is 0.000000370. The zero-order valence-corrected chi connectivity index (χ0v) is 16.0. The zero-order valence-electron chi connectivity index (χ0n) is 16.0. The molecule has 0 saturated heterocycles. The number of ether oxygens (including phenoxy) is 1. The Labute approximate surface area is 165 Å². The van der Waals surface area contributed by atoms with Gasteiger partial charge in [-0.2, -0.15) is 13.2 Å². The topological polar surface area (TPSA) is 92.9 Å². The number of pyridine rings is 1. The number of nitrogens with zero attached hydrogens (tertiary/aromatic N) is 2. The number of amides is 1. The number of halogens is 3. The van der Waals surface area contributed by atoms with E-state index < -0.39 is 12.1 Å². The van der Waals surface area contributed by atoms with Gasteiger partial charge in [0, 0.05) is 37.7 Å². The van der Waals surface area contributed by atoms with Crippen LogP contribution >= 0.6 is 0 Å². The summed E-state index contributed by atoms with van der Waals surface area (Å²) in [5, 5.41) is 7.12. The van der Waals surface area contributed by atoms with Gasteiger partial charge in [-0.3, -0.25) is 9.78 Å². The van der Waals surface area contributed by atoms with Crippen LogP contribution in [0.2, 0.25) is 0 Å². The van der Waals surface area contributed by atoms with Crippen LogP contribution in [0.15, 0.2) is 29.1 Å². The fourth-order valence-corrected chi connectivity index (χ4v) is 2.81. The number of alkyl halides is 3. The lowest BCUT2D eigenvalue weighted by molar-refractivity contribution is -0.192. The van der Waals surface area contributed by atoms with Crippen LogP contribution in [0.4, 0.5) is 13.2 Å². The number of aryl methyl sites for hydroxylation is 1. The molecule has 2 aromatic rings. The quantitative estimate of drug-likeness (QED) is 0.825. The maximum absolute atomic E-state index is 12.5. The van der Waals surface area contributed by atoms with E-state index in [0.717, 1.165) is 23.1 Å². The van der Waals surface area contributed by atoms with Crippen LogP contribution in [0, 0.1) is 6.92 Å². The third-order valence-corrected chi connectivity index (χ3v) is 4.28. The van der Waals surface area contributed by atoms with E-state index in [4.69, 9.17) is 19.1 Å². The second-order valence-electron chi connectivity index (χ2n) is 6.29. The van der Waals surface area contributed by atoms with Gasteiger partial charge in [0.05, 0.1) is 12.9 Å². The minimum Gasteiger partial charge on any atom is -0.475 e. The Hall–Kier alpha value is -2.88. The summed E-state index contributed by atoms with van der Waals surface area (Å²) in [5.41, 5.74) is 4.37. The number of hydrogen-bond acceptors (Lipinski definition) is 5. The molecule has 0 atom stereocenters. The first kappa shape index (κ1) is 22.4. The van der Waals surface area contributed by atoms with Crippen molar-refractivity contribution < 1.29 is 37.0 Å². The summed E-state index contributed by atoms with van der Waals surface area (Å²) in [5.74, 6) is -2.38. The van der Waals surface area contributed by atoms with E-state index in [1.54, 1.807) is 6.26 Å². The highest BCUT2D eigenvalue weighted by molar-refractivity contribution is 5.93. The van der Waals surface area contributed by atoms with Gasteiger partial charge in [-0.1, -0.05) is 0 Å². The lowest BCUT2D eigenvalue weighted by Gasteiger charge is -2.29. The van der Waals surface area contributed by atoms with E-state index in [1.807, 2.05) is 37.2 Å². The molecule has 0 aliphatic carbocycles. The molecule has 29 heavy (non-hydrogen) atoms. The lowest BCUT2D eigenvalue weighted by atomic mass is 9.97. The number of furan rings is 1. The van der Waals surface area contributed by atoms with E-state index >= 15 is 0 Å². The Morgan fingerprint density at radius 3 is 2.59 bits per heavy atom. The van der Waals surface area contributed by atoms with Crippen LogP contribution in [0.1, 0.15) is 39.7 Å². The predicted molar refractivity (Wildman–Crippen MR) is 95.1 cm³/mol. The summed E-state index contributed by atoms with van der Waals surface area (Å²) in [7, 11) is 0. The average molecular weight is 414 g/mol. The normalized spacial score (nSPS) is 13.3. The van der Waals surface area contributed by atoms with Crippen LogP contribution in [0.3, 0.4) is 0 Å². The standard InChI is InChI=1S/C17H20N2O3.C2HF3O2/c1-3-21-11-14-9-18-8-13-10-19(6-4-15(13)14)17(20)16-12(2)5-7-22-16;3-2(4,5)1(6)7/h5,7-9H,3-4,6,10-11H2,1-2H3;(H,6,7). The molecule has 0 unspecified atom stereocenters.